The third-order valence-electron chi connectivity index (χ3n) is 6.88. The van der Waals surface area contributed by atoms with Crippen LogP contribution in [0.4, 0.5) is 15.8 Å². The lowest BCUT2D eigenvalue weighted by Gasteiger charge is -2.37. The van der Waals surface area contributed by atoms with E-state index in [1.165, 1.54) is 36.4 Å². The van der Waals surface area contributed by atoms with E-state index in [1.54, 1.807) is 19.1 Å². The molecule has 2 N–H and O–H groups in total. The molecule has 186 valence electrons. The van der Waals surface area contributed by atoms with E-state index in [0.29, 0.717) is 29.0 Å². The number of nitrogens with zero attached hydrogens (tertiary/aromatic N) is 1. The quantitative estimate of drug-likeness (QED) is 0.346. The van der Waals surface area contributed by atoms with Crippen LogP contribution in [0.1, 0.15) is 42.7 Å². The van der Waals surface area contributed by atoms with Crippen LogP contribution in [0, 0.1) is 15.9 Å². The van der Waals surface area contributed by atoms with E-state index in [4.69, 9.17) is 0 Å². The number of dihydropyridines is 1. The van der Waals surface area contributed by atoms with Gasteiger partial charge in [-0.15, -0.1) is 0 Å². The van der Waals surface area contributed by atoms with Crippen LogP contribution in [0.15, 0.2) is 101 Å². The first kappa shape index (κ1) is 24.1. The van der Waals surface area contributed by atoms with Crippen molar-refractivity contribution in [2.24, 2.45) is 0 Å². The second-order valence-corrected chi connectivity index (χ2v) is 9.21. The zero-order valence-electron chi connectivity index (χ0n) is 20.0. The molecule has 3 aromatic carbocycles. The molecule has 0 saturated carbocycles. The summed E-state index contributed by atoms with van der Waals surface area (Å²) in [7, 11) is 0. The number of Topliss-reactive ketones (excluding diaryl/α,β-unsaturated/α-hetero) is 1. The second kappa shape index (κ2) is 9.81. The van der Waals surface area contributed by atoms with Crippen LogP contribution in [0.5, 0.6) is 0 Å². The molecule has 0 unspecified atom stereocenters. The lowest BCUT2D eigenvalue weighted by molar-refractivity contribution is -0.384. The summed E-state index contributed by atoms with van der Waals surface area (Å²) >= 11 is 0. The van der Waals surface area contributed by atoms with Gasteiger partial charge in [-0.3, -0.25) is 19.7 Å². The van der Waals surface area contributed by atoms with Crippen LogP contribution >= 0.6 is 0 Å². The Bertz CT molecular complexity index is 1480. The number of ketones is 1. The molecule has 1 amide bonds. The summed E-state index contributed by atoms with van der Waals surface area (Å²) in [4.78, 5) is 38.2. The zero-order valence-corrected chi connectivity index (χ0v) is 20.0. The molecule has 37 heavy (non-hydrogen) atoms. The van der Waals surface area contributed by atoms with Crippen molar-refractivity contribution in [3.8, 4) is 0 Å². The summed E-state index contributed by atoms with van der Waals surface area (Å²) in [5.41, 5.74) is 3.19. The molecule has 0 aromatic heterocycles. The van der Waals surface area contributed by atoms with Gasteiger partial charge in [0.2, 0.25) is 0 Å². The number of nitrogens with one attached hydrogen (secondary N) is 2. The molecule has 0 radical (unpaired) electrons. The van der Waals surface area contributed by atoms with Crippen molar-refractivity contribution >= 4 is 23.1 Å². The minimum atomic E-state index is -0.841. The Kier molecular flexibility index (Phi) is 6.40. The average Bonchev–Trinajstić information content (AvgIpc) is 2.89. The monoisotopic (exact) mass is 497 g/mol. The standard InChI is InChI=1S/C29H24FN3O4/c1-17-26(29(35)32-23-13-6-5-12-22(23)30)27(19-10-7-11-21(14-19)33(36)37)28-24(31-17)15-20(16-25(28)34)18-8-3-2-4-9-18/h2-14,20,27,31H,15-16H2,1H3,(H,32,35)/t20-,27+/m0/s1. The number of halogens is 1. The molecule has 1 aliphatic carbocycles. The van der Waals surface area contributed by atoms with Crippen molar-refractivity contribution < 1.29 is 18.9 Å². The number of hydrogen-bond donors (Lipinski definition) is 2. The van der Waals surface area contributed by atoms with E-state index in [9.17, 15) is 24.1 Å². The van der Waals surface area contributed by atoms with Crippen LogP contribution in [0.2, 0.25) is 0 Å². The number of amides is 1. The number of para-hydroxylation sites is 1. The minimum Gasteiger partial charge on any atom is -0.362 e. The first-order valence-electron chi connectivity index (χ1n) is 11.9. The fraction of sp³-hybridized carbons (Fsp3) is 0.172. The highest BCUT2D eigenvalue weighted by Gasteiger charge is 2.41. The summed E-state index contributed by atoms with van der Waals surface area (Å²) in [6, 6.07) is 21.5. The van der Waals surface area contributed by atoms with Gasteiger partial charge in [-0.1, -0.05) is 54.6 Å². The lowest BCUT2D eigenvalue weighted by atomic mass is 9.71. The third kappa shape index (κ3) is 4.65. The Hall–Kier alpha value is -4.59. The number of carbonyl (C=O) groups is 2. The number of hydrogen-bond acceptors (Lipinski definition) is 5. The van der Waals surface area contributed by atoms with Gasteiger partial charge in [-0.2, -0.15) is 0 Å². The number of nitro benzene ring substituents is 1. The SMILES string of the molecule is CC1=C(C(=O)Nc2ccccc2F)[C@@H](c2cccc([N+](=O)[O-])c2)C2=C(C[C@H](c3ccccc3)CC2=O)N1. The molecule has 5 rings (SSSR count). The minimum absolute atomic E-state index is 0.00415. The predicted octanol–water partition coefficient (Wildman–Crippen LogP) is 5.73. The Morgan fingerprint density at radius 1 is 1.00 bits per heavy atom. The maximum absolute atomic E-state index is 14.3. The van der Waals surface area contributed by atoms with Crippen molar-refractivity contribution in [1.82, 2.24) is 5.32 Å². The van der Waals surface area contributed by atoms with Gasteiger partial charge in [-0.05, 0) is 42.5 Å². The molecular weight excluding hydrogens is 473 g/mol. The van der Waals surface area contributed by atoms with E-state index < -0.39 is 22.6 Å². The van der Waals surface area contributed by atoms with Crippen LogP contribution in [-0.4, -0.2) is 16.6 Å². The molecule has 2 aliphatic rings. The Morgan fingerprint density at radius 3 is 2.43 bits per heavy atom. The van der Waals surface area contributed by atoms with E-state index in [-0.39, 0.29) is 35.1 Å². The van der Waals surface area contributed by atoms with Crippen LogP contribution in [0.25, 0.3) is 0 Å². The Balaban J connectivity index is 1.60. The van der Waals surface area contributed by atoms with E-state index in [2.05, 4.69) is 10.6 Å². The zero-order chi connectivity index (χ0) is 26.1. The smallest absolute Gasteiger partial charge is 0.269 e. The van der Waals surface area contributed by atoms with Gasteiger partial charge < -0.3 is 10.6 Å². The highest BCUT2D eigenvalue weighted by atomic mass is 19.1. The van der Waals surface area contributed by atoms with Gasteiger partial charge >= 0.3 is 0 Å². The largest absolute Gasteiger partial charge is 0.362 e. The Labute approximate surface area is 212 Å². The number of nitro groups is 1. The van der Waals surface area contributed by atoms with E-state index in [1.807, 2.05) is 30.3 Å². The Morgan fingerprint density at radius 2 is 1.70 bits per heavy atom. The third-order valence-corrected chi connectivity index (χ3v) is 6.88. The summed E-state index contributed by atoms with van der Waals surface area (Å²) in [6.07, 6.45) is 0.799. The predicted molar refractivity (Wildman–Crippen MR) is 137 cm³/mol. The van der Waals surface area contributed by atoms with Gasteiger partial charge in [0.15, 0.2) is 5.78 Å². The maximum atomic E-state index is 14.3. The molecule has 3 aromatic rings. The molecule has 0 bridgehead atoms. The van der Waals surface area contributed by atoms with Crippen LogP contribution in [0.3, 0.4) is 0 Å². The van der Waals surface area contributed by atoms with Gasteiger partial charge in [0, 0.05) is 47.0 Å². The highest BCUT2D eigenvalue weighted by Crippen LogP contribution is 2.46. The molecular formula is C29H24FN3O4. The molecule has 7 nitrogen and oxygen atoms in total. The molecule has 0 spiro atoms. The van der Waals surface area contributed by atoms with Crippen molar-refractivity contribution in [2.45, 2.75) is 31.6 Å². The summed E-state index contributed by atoms with van der Waals surface area (Å²) in [5, 5.41) is 17.4. The number of rotatable bonds is 5. The summed E-state index contributed by atoms with van der Waals surface area (Å²) in [5.74, 6) is -2.19. The number of carbonyl (C=O) groups excluding carboxylic acids is 2. The molecule has 1 aliphatic heterocycles. The van der Waals surface area contributed by atoms with E-state index in [0.717, 1.165) is 5.56 Å². The van der Waals surface area contributed by atoms with Gasteiger partial charge in [0.25, 0.3) is 11.6 Å². The second-order valence-electron chi connectivity index (χ2n) is 9.21. The number of benzene rings is 3. The van der Waals surface area contributed by atoms with Gasteiger partial charge in [0.05, 0.1) is 10.6 Å². The highest BCUT2D eigenvalue weighted by molar-refractivity contribution is 6.10. The van der Waals surface area contributed by atoms with Crippen molar-refractivity contribution in [2.75, 3.05) is 5.32 Å². The van der Waals surface area contributed by atoms with Gasteiger partial charge in [0.1, 0.15) is 5.82 Å². The summed E-state index contributed by atoms with van der Waals surface area (Å²) < 4.78 is 14.3. The maximum Gasteiger partial charge on any atom is 0.269 e. The first-order chi connectivity index (χ1) is 17.8. The molecule has 0 fully saturated rings. The average molecular weight is 498 g/mol. The lowest BCUT2D eigenvalue weighted by Crippen LogP contribution is -2.37. The summed E-state index contributed by atoms with van der Waals surface area (Å²) in [6.45, 7) is 1.72. The molecule has 0 saturated heterocycles. The normalized spacial score (nSPS) is 19.2. The molecule has 2 atom stereocenters. The van der Waals surface area contributed by atoms with Crippen molar-refractivity contribution in [1.29, 1.82) is 0 Å². The number of anilines is 1. The number of allylic oxidation sites excluding steroid dienone is 3. The van der Waals surface area contributed by atoms with Crippen molar-refractivity contribution in [3.05, 3.63) is 128 Å². The van der Waals surface area contributed by atoms with Crippen LogP contribution < -0.4 is 10.6 Å². The molecule has 1 heterocycles. The fourth-order valence-electron chi connectivity index (χ4n) is 5.20. The van der Waals surface area contributed by atoms with Gasteiger partial charge in [-0.25, -0.2) is 4.39 Å². The topological polar surface area (TPSA) is 101 Å². The molecule has 8 heteroatoms. The van der Waals surface area contributed by atoms with Crippen LogP contribution in [-0.2, 0) is 9.59 Å². The first-order valence-corrected chi connectivity index (χ1v) is 11.9. The number of non-ortho nitro benzene ring substituents is 1. The fourth-order valence-corrected chi connectivity index (χ4v) is 5.20. The van der Waals surface area contributed by atoms with E-state index >= 15 is 0 Å². The van der Waals surface area contributed by atoms with Crippen molar-refractivity contribution in [3.63, 3.8) is 0 Å².